The largest absolute Gasteiger partial charge is 0.348 e. The summed E-state index contributed by atoms with van der Waals surface area (Å²) < 4.78 is 0. The van der Waals surface area contributed by atoms with Crippen LogP contribution < -0.4 is 10.6 Å². The van der Waals surface area contributed by atoms with Crippen molar-refractivity contribution >= 4 is 17.5 Å². The zero-order chi connectivity index (χ0) is 17.6. The van der Waals surface area contributed by atoms with Gasteiger partial charge in [0.1, 0.15) is 5.69 Å². The summed E-state index contributed by atoms with van der Waals surface area (Å²) in [4.78, 5) is 20.9. The van der Waals surface area contributed by atoms with Crippen LogP contribution in [-0.2, 0) is 0 Å². The molecule has 126 valence electrons. The van der Waals surface area contributed by atoms with Crippen molar-refractivity contribution in [3.8, 4) is 0 Å². The fourth-order valence-electron chi connectivity index (χ4n) is 2.41. The third-order valence-corrected chi connectivity index (χ3v) is 3.84. The van der Waals surface area contributed by atoms with Gasteiger partial charge in [-0.25, -0.2) is 9.97 Å². The number of aryl methyl sites for hydroxylation is 1. The van der Waals surface area contributed by atoms with Gasteiger partial charge in [-0.3, -0.25) is 4.79 Å². The Hall–Kier alpha value is -3.21. The van der Waals surface area contributed by atoms with Gasteiger partial charge in [-0.05, 0) is 37.6 Å². The van der Waals surface area contributed by atoms with E-state index in [-0.39, 0.29) is 11.9 Å². The lowest BCUT2D eigenvalue weighted by molar-refractivity contribution is 0.102. The SMILES string of the molecule is Cc1ccc(NC(=O)c2ccnc(NC(C)c3ccccc3)n2)cc1. The number of nitrogens with zero attached hydrogens (tertiary/aromatic N) is 2. The Morgan fingerprint density at radius 3 is 2.44 bits per heavy atom. The molecule has 0 bridgehead atoms. The predicted molar refractivity (Wildman–Crippen MR) is 99.6 cm³/mol. The van der Waals surface area contributed by atoms with Crippen LogP contribution in [0.2, 0.25) is 0 Å². The highest BCUT2D eigenvalue weighted by Crippen LogP contribution is 2.16. The van der Waals surface area contributed by atoms with E-state index in [1.54, 1.807) is 12.3 Å². The number of aromatic nitrogens is 2. The molecule has 3 aromatic rings. The fourth-order valence-corrected chi connectivity index (χ4v) is 2.41. The molecular formula is C20H20N4O. The molecule has 0 aliphatic heterocycles. The Morgan fingerprint density at radius 2 is 1.72 bits per heavy atom. The van der Waals surface area contributed by atoms with Gasteiger partial charge in [-0.1, -0.05) is 48.0 Å². The van der Waals surface area contributed by atoms with E-state index in [2.05, 4.69) is 20.6 Å². The topological polar surface area (TPSA) is 66.9 Å². The molecule has 5 nitrogen and oxygen atoms in total. The molecule has 5 heteroatoms. The summed E-state index contributed by atoms with van der Waals surface area (Å²) in [6, 6.07) is 19.3. The summed E-state index contributed by atoms with van der Waals surface area (Å²) in [6.07, 6.45) is 1.58. The van der Waals surface area contributed by atoms with E-state index >= 15 is 0 Å². The minimum absolute atomic E-state index is 0.0385. The maximum Gasteiger partial charge on any atom is 0.274 e. The number of rotatable bonds is 5. The lowest BCUT2D eigenvalue weighted by Crippen LogP contribution is -2.16. The molecular weight excluding hydrogens is 312 g/mol. The van der Waals surface area contributed by atoms with Gasteiger partial charge in [0.2, 0.25) is 5.95 Å². The van der Waals surface area contributed by atoms with E-state index in [9.17, 15) is 4.79 Å². The summed E-state index contributed by atoms with van der Waals surface area (Å²) in [7, 11) is 0. The molecule has 3 rings (SSSR count). The molecule has 0 radical (unpaired) electrons. The molecule has 0 aliphatic carbocycles. The second kappa shape index (κ2) is 7.57. The van der Waals surface area contributed by atoms with Crippen LogP contribution in [0.15, 0.2) is 66.9 Å². The highest BCUT2D eigenvalue weighted by molar-refractivity contribution is 6.02. The molecule has 1 aromatic heterocycles. The quantitative estimate of drug-likeness (QED) is 0.734. The normalized spacial score (nSPS) is 11.6. The van der Waals surface area contributed by atoms with Crippen LogP contribution in [0.5, 0.6) is 0 Å². The van der Waals surface area contributed by atoms with Gasteiger partial charge in [0.25, 0.3) is 5.91 Å². The van der Waals surface area contributed by atoms with E-state index in [1.807, 2.05) is 68.4 Å². The number of benzene rings is 2. The highest BCUT2D eigenvalue weighted by atomic mass is 16.1. The van der Waals surface area contributed by atoms with E-state index < -0.39 is 0 Å². The second-order valence-corrected chi connectivity index (χ2v) is 5.86. The maximum atomic E-state index is 12.4. The summed E-state index contributed by atoms with van der Waals surface area (Å²) in [5, 5.41) is 6.06. The van der Waals surface area contributed by atoms with Gasteiger partial charge in [-0.15, -0.1) is 0 Å². The number of hydrogen-bond acceptors (Lipinski definition) is 4. The summed E-state index contributed by atoms with van der Waals surface area (Å²) in [5.74, 6) is 0.162. The lowest BCUT2D eigenvalue weighted by atomic mass is 10.1. The second-order valence-electron chi connectivity index (χ2n) is 5.86. The predicted octanol–water partition coefficient (Wildman–Crippen LogP) is 4.21. The number of carbonyl (C=O) groups is 1. The average Bonchev–Trinajstić information content (AvgIpc) is 2.64. The Morgan fingerprint density at radius 1 is 1.00 bits per heavy atom. The molecule has 1 amide bonds. The number of hydrogen-bond donors (Lipinski definition) is 2. The van der Waals surface area contributed by atoms with Gasteiger partial charge in [0.05, 0.1) is 6.04 Å². The minimum atomic E-state index is -0.262. The van der Waals surface area contributed by atoms with Crippen molar-refractivity contribution in [1.29, 1.82) is 0 Å². The van der Waals surface area contributed by atoms with Crippen LogP contribution in [0.1, 0.15) is 34.6 Å². The van der Waals surface area contributed by atoms with Crippen LogP contribution >= 0.6 is 0 Å². The van der Waals surface area contributed by atoms with E-state index in [0.29, 0.717) is 11.6 Å². The molecule has 25 heavy (non-hydrogen) atoms. The van der Waals surface area contributed by atoms with Crippen LogP contribution in [0.25, 0.3) is 0 Å². The van der Waals surface area contributed by atoms with Gasteiger partial charge in [0, 0.05) is 11.9 Å². The molecule has 0 spiro atoms. The molecule has 1 unspecified atom stereocenters. The third kappa shape index (κ3) is 4.41. The van der Waals surface area contributed by atoms with Crippen LogP contribution in [0.4, 0.5) is 11.6 Å². The molecule has 0 saturated carbocycles. The number of nitrogens with one attached hydrogen (secondary N) is 2. The van der Waals surface area contributed by atoms with Crippen molar-refractivity contribution in [3.63, 3.8) is 0 Å². The van der Waals surface area contributed by atoms with E-state index in [4.69, 9.17) is 0 Å². The first-order valence-corrected chi connectivity index (χ1v) is 8.14. The molecule has 2 aromatic carbocycles. The van der Waals surface area contributed by atoms with Crippen molar-refractivity contribution in [2.75, 3.05) is 10.6 Å². The summed E-state index contributed by atoms with van der Waals surface area (Å²) in [5.41, 5.74) is 3.32. The van der Waals surface area contributed by atoms with Gasteiger partial charge < -0.3 is 10.6 Å². The number of carbonyl (C=O) groups excluding carboxylic acids is 1. The standard InChI is InChI=1S/C20H20N4O/c1-14-8-10-17(11-9-14)23-19(25)18-12-13-21-20(24-18)22-15(2)16-6-4-3-5-7-16/h3-13,15H,1-2H3,(H,23,25)(H,21,22,24). The zero-order valence-electron chi connectivity index (χ0n) is 14.2. The average molecular weight is 332 g/mol. The monoisotopic (exact) mass is 332 g/mol. The van der Waals surface area contributed by atoms with Crippen molar-refractivity contribution in [1.82, 2.24) is 9.97 Å². The molecule has 0 fully saturated rings. The third-order valence-electron chi connectivity index (χ3n) is 3.84. The minimum Gasteiger partial charge on any atom is -0.348 e. The van der Waals surface area contributed by atoms with Crippen molar-refractivity contribution < 1.29 is 4.79 Å². The first-order chi connectivity index (χ1) is 12.1. The Bertz CT molecular complexity index is 847. The van der Waals surface area contributed by atoms with Crippen LogP contribution in [0, 0.1) is 6.92 Å². The van der Waals surface area contributed by atoms with Crippen molar-refractivity contribution in [2.24, 2.45) is 0 Å². The summed E-state index contributed by atoms with van der Waals surface area (Å²) in [6.45, 7) is 4.03. The number of amides is 1. The number of anilines is 2. The smallest absolute Gasteiger partial charge is 0.274 e. The molecule has 0 saturated heterocycles. The first kappa shape index (κ1) is 16.6. The molecule has 1 heterocycles. The first-order valence-electron chi connectivity index (χ1n) is 8.14. The maximum absolute atomic E-state index is 12.4. The lowest BCUT2D eigenvalue weighted by Gasteiger charge is -2.14. The van der Waals surface area contributed by atoms with Crippen LogP contribution in [-0.4, -0.2) is 15.9 Å². The summed E-state index contributed by atoms with van der Waals surface area (Å²) >= 11 is 0. The fraction of sp³-hybridized carbons (Fsp3) is 0.150. The molecule has 1 atom stereocenters. The van der Waals surface area contributed by atoms with E-state index in [1.165, 1.54) is 0 Å². The molecule has 2 N–H and O–H groups in total. The van der Waals surface area contributed by atoms with E-state index in [0.717, 1.165) is 16.8 Å². The van der Waals surface area contributed by atoms with Crippen LogP contribution in [0.3, 0.4) is 0 Å². The van der Waals surface area contributed by atoms with Crippen molar-refractivity contribution in [3.05, 3.63) is 83.7 Å². The van der Waals surface area contributed by atoms with Gasteiger partial charge in [0.15, 0.2) is 0 Å². The Balaban J connectivity index is 1.70. The molecule has 0 aliphatic rings. The Kier molecular flexibility index (Phi) is 5.04. The van der Waals surface area contributed by atoms with Crippen molar-refractivity contribution in [2.45, 2.75) is 19.9 Å². The van der Waals surface area contributed by atoms with Gasteiger partial charge in [-0.2, -0.15) is 0 Å². The zero-order valence-corrected chi connectivity index (χ0v) is 14.2. The highest BCUT2D eigenvalue weighted by Gasteiger charge is 2.11. The Labute approximate surface area is 147 Å². The van der Waals surface area contributed by atoms with Gasteiger partial charge >= 0.3 is 0 Å².